The minimum absolute atomic E-state index is 0.00988. The molecule has 0 spiro atoms. The van der Waals surface area contributed by atoms with Crippen LogP contribution in [0, 0.1) is 5.92 Å². The summed E-state index contributed by atoms with van der Waals surface area (Å²) in [6.07, 6.45) is 4.39. The van der Waals surface area contributed by atoms with E-state index in [1.54, 1.807) is 0 Å². The lowest BCUT2D eigenvalue weighted by atomic mass is 10.0. The summed E-state index contributed by atoms with van der Waals surface area (Å²) in [5.41, 5.74) is 4.70. The fourth-order valence-electron chi connectivity index (χ4n) is 2.81. The summed E-state index contributed by atoms with van der Waals surface area (Å²) in [5.74, 6) is 0.216. The highest BCUT2D eigenvalue weighted by Gasteiger charge is 2.08. The van der Waals surface area contributed by atoms with Gasteiger partial charge in [0, 0.05) is 43.5 Å². The number of hydrogen-bond acceptors (Lipinski definition) is 5. The Bertz CT molecular complexity index is 672. The van der Waals surface area contributed by atoms with E-state index < -0.39 is 0 Å². The lowest BCUT2D eigenvalue weighted by molar-refractivity contribution is -0.123. The van der Waals surface area contributed by atoms with Crippen LogP contribution in [-0.2, 0) is 25.8 Å². The maximum Gasteiger partial charge on any atom is 0.224 e. The minimum atomic E-state index is -0.0110. The van der Waals surface area contributed by atoms with Gasteiger partial charge in [-0.1, -0.05) is 32.4 Å². The van der Waals surface area contributed by atoms with Gasteiger partial charge < -0.3 is 10.6 Å². The van der Waals surface area contributed by atoms with Gasteiger partial charge in [-0.3, -0.25) is 19.2 Å². The van der Waals surface area contributed by atoms with Gasteiger partial charge in [0.1, 0.15) is 5.78 Å². The Hall–Kier alpha value is -2.25. The van der Waals surface area contributed by atoms with Crippen molar-refractivity contribution in [1.82, 2.24) is 10.8 Å². The molecule has 1 rings (SSSR count). The third-order valence-corrected chi connectivity index (χ3v) is 4.67. The van der Waals surface area contributed by atoms with Crippen molar-refractivity contribution in [2.45, 2.75) is 85.3 Å². The van der Waals surface area contributed by atoms with E-state index in [9.17, 15) is 14.4 Å². The van der Waals surface area contributed by atoms with Gasteiger partial charge in [-0.05, 0) is 50.8 Å². The predicted molar refractivity (Wildman–Crippen MR) is 123 cm³/mol. The first-order valence-corrected chi connectivity index (χ1v) is 11.3. The van der Waals surface area contributed by atoms with Crippen molar-refractivity contribution in [3.63, 3.8) is 0 Å². The number of Topliss-reactive ketones (excluding diaryl/α,β-unsaturated/α-hetero) is 1. The zero-order valence-corrected chi connectivity index (χ0v) is 19.5. The fourth-order valence-corrected chi connectivity index (χ4v) is 2.81. The van der Waals surface area contributed by atoms with E-state index in [2.05, 4.69) is 16.1 Å². The van der Waals surface area contributed by atoms with Crippen LogP contribution >= 0.6 is 0 Å². The number of anilines is 1. The van der Waals surface area contributed by atoms with Gasteiger partial charge in [0.15, 0.2) is 0 Å². The van der Waals surface area contributed by atoms with Crippen molar-refractivity contribution in [3.05, 3.63) is 29.8 Å². The highest BCUT2D eigenvalue weighted by Crippen LogP contribution is 2.11. The molecule has 31 heavy (non-hydrogen) atoms. The van der Waals surface area contributed by atoms with Gasteiger partial charge in [0.2, 0.25) is 11.8 Å². The van der Waals surface area contributed by atoms with Gasteiger partial charge in [-0.2, -0.15) is 5.48 Å². The van der Waals surface area contributed by atoms with Crippen molar-refractivity contribution in [1.29, 1.82) is 0 Å². The van der Waals surface area contributed by atoms with Crippen molar-refractivity contribution >= 4 is 23.3 Å². The number of ketones is 1. The molecule has 0 atom stereocenters. The van der Waals surface area contributed by atoms with Crippen molar-refractivity contribution in [2.75, 3.05) is 11.9 Å². The molecule has 7 heteroatoms. The summed E-state index contributed by atoms with van der Waals surface area (Å²) in [7, 11) is 0. The highest BCUT2D eigenvalue weighted by atomic mass is 16.6. The maximum absolute atomic E-state index is 12.1. The molecule has 3 N–H and O–H groups in total. The Kier molecular flexibility index (Phi) is 13.4. The molecule has 0 unspecified atom stereocenters. The van der Waals surface area contributed by atoms with Gasteiger partial charge in [-0.25, -0.2) is 0 Å². The smallest absolute Gasteiger partial charge is 0.224 e. The van der Waals surface area contributed by atoms with Crippen LogP contribution in [0.25, 0.3) is 0 Å². The summed E-state index contributed by atoms with van der Waals surface area (Å²) in [6, 6.07) is 7.87. The maximum atomic E-state index is 12.1. The minimum Gasteiger partial charge on any atom is -0.356 e. The number of unbranched alkanes of at least 4 members (excludes halogenated alkanes) is 2. The molecule has 0 aliphatic carbocycles. The zero-order chi connectivity index (χ0) is 23.1. The Balaban J connectivity index is 2.08. The van der Waals surface area contributed by atoms with Crippen LogP contribution in [0.15, 0.2) is 24.3 Å². The Morgan fingerprint density at radius 2 is 1.52 bits per heavy atom. The van der Waals surface area contributed by atoms with E-state index in [1.807, 2.05) is 52.0 Å². The van der Waals surface area contributed by atoms with E-state index in [-0.39, 0.29) is 29.6 Å². The first-order valence-electron chi connectivity index (χ1n) is 11.3. The molecule has 1 aromatic rings. The average Bonchev–Trinajstić information content (AvgIpc) is 2.71. The summed E-state index contributed by atoms with van der Waals surface area (Å²) in [6.45, 7) is 8.85. The largest absolute Gasteiger partial charge is 0.356 e. The average molecular weight is 434 g/mol. The molecule has 2 amide bonds. The number of amides is 2. The number of hydroxylamine groups is 1. The predicted octanol–water partition coefficient (Wildman–Crippen LogP) is 4.13. The normalized spacial score (nSPS) is 11.0. The fraction of sp³-hybridized carbons (Fsp3) is 0.625. The molecular weight excluding hydrogens is 394 g/mol. The lowest BCUT2D eigenvalue weighted by Crippen LogP contribution is -2.24. The first kappa shape index (κ1) is 26.8. The summed E-state index contributed by atoms with van der Waals surface area (Å²) < 4.78 is 0. The topological polar surface area (TPSA) is 96.5 Å². The molecule has 0 aliphatic heterocycles. The van der Waals surface area contributed by atoms with E-state index in [1.165, 1.54) is 0 Å². The third kappa shape index (κ3) is 13.6. The Labute approximate surface area is 186 Å². The van der Waals surface area contributed by atoms with Crippen LogP contribution in [0.4, 0.5) is 5.69 Å². The van der Waals surface area contributed by atoms with Crippen LogP contribution in [0.1, 0.15) is 78.2 Å². The second-order valence-electron chi connectivity index (χ2n) is 8.44. The van der Waals surface area contributed by atoms with Gasteiger partial charge >= 0.3 is 0 Å². The number of nitrogens with one attached hydrogen (secondary N) is 3. The second kappa shape index (κ2) is 15.5. The number of carbonyl (C=O) groups excluding carboxylic acids is 3. The number of carbonyl (C=O) groups is 3. The van der Waals surface area contributed by atoms with E-state index >= 15 is 0 Å². The first-order chi connectivity index (χ1) is 14.8. The van der Waals surface area contributed by atoms with Crippen molar-refractivity contribution < 1.29 is 19.2 Å². The molecule has 0 saturated heterocycles. The molecule has 0 saturated carbocycles. The van der Waals surface area contributed by atoms with Crippen LogP contribution in [-0.4, -0.2) is 30.2 Å². The van der Waals surface area contributed by atoms with Gasteiger partial charge in [-0.15, -0.1) is 0 Å². The molecule has 0 bridgehead atoms. The van der Waals surface area contributed by atoms with E-state index in [0.717, 1.165) is 30.5 Å². The molecule has 0 fully saturated rings. The standard InChI is InChI=1S/C24H39N3O4/c1-18(2)22(28)9-8-11-23(29)25-16-7-5-6-10-24(30)26-21-14-12-20(13-15-21)17-31-27-19(3)4/h12-15,18-19,27H,5-11,16-17H2,1-4H3,(H,25,29)(H,26,30). The second-order valence-corrected chi connectivity index (χ2v) is 8.44. The third-order valence-electron chi connectivity index (χ3n) is 4.67. The van der Waals surface area contributed by atoms with Crippen LogP contribution in [0.5, 0.6) is 0 Å². The zero-order valence-electron chi connectivity index (χ0n) is 19.5. The number of rotatable bonds is 16. The molecule has 174 valence electrons. The quantitative estimate of drug-likeness (QED) is 0.269. The van der Waals surface area contributed by atoms with Crippen molar-refractivity contribution in [2.24, 2.45) is 5.92 Å². The summed E-state index contributed by atoms with van der Waals surface area (Å²) in [4.78, 5) is 40.7. The van der Waals surface area contributed by atoms with Crippen LogP contribution in [0.3, 0.4) is 0 Å². The van der Waals surface area contributed by atoms with Crippen LogP contribution in [0.2, 0.25) is 0 Å². The molecule has 0 heterocycles. The van der Waals surface area contributed by atoms with E-state index in [4.69, 9.17) is 4.84 Å². The Morgan fingerprint density at radius 1 is 0.839 bits per heavy atom. The molecular formula is C24H39N3O4. The lowest BCUT2D eigenvalue weighted by Gasteiger charge is -2.10. The number of hydrogen-bond donors (Lipinski definition) is 3. The highest BCUT2D eigenvalue weighted by molar-refractivity contribution is 5.90. The molecule has 1 aromatic carbocycles. The monoisotopic (exact) mass is 433 g/mol. The SMILES string of the molecule is CC(C)NOCc1ccc(NC(=O)CCCCCNC(=O)CCCC(=O)C(C)C)cc1. The van der Waals surface area contributed by atoms with E-state index in [0.29, 0.717) is 38.8 Å². The summed E-state index contributed by atoms with van der Waals surface area (Å²) in [5, 5.41) is 5.77. The van der Waals surface area contributed by atoms with Crippen LogP contribution < -0.4 is 16.1 Å². The number of benzene rings is 1. The molecule has 0 radical (unpaired) electrons. The Morgan fingerprint density at radius 3 is 2.16 bits per heavy atom. The van der Waals surface area contributed by atoms with Gasteiger partial charge in [0.25, 0.3) is 0 Å². The summed E-state index contributed by atoms with van der Waals surface area (Å²) >= 11 is 0. The molecule has 7 nitrogen and oxygen atoms in total. The van der Waals surface area contributed by atoms with Crippen molar-refractivity contribution in [3.8, 4) is 0 Å². The molecule has 0 aromatic heterocycles. The van der Waals surface area contributed by atoms with Gasteiger partial charge in [0.05, 0.1) is 6.61 Å². The molecule has 0 aliphatic rings.